The normalized spacial score (nSPS) is 10.7. The van der Waals surface area contributed by atoms with E-state index in [1.165, 1.54) is 72.2 Å². The van der Waals surface area contributed by atoms with Gasteiger partial charge in [0.15, 0.2) is 0 Å². The highest BCUT2D eigenvalue weighted by atomic mass is 127. The Bertz CT molecular complexity index is 596. The second-order valence-electron chi connectivity index (χ2n) is 8.15. The lowest BCUT2D eigenvalue weighted by molar-refractivity contribution is 0.291. The molecule has 2 aromatic rings. The van der Waals surface area contributed by atoms with E-state index in [0.29, 0.717) is 0 Å². The summed E-state index contributed by atoms with van der Waals surface area (Å²) in [4.78, 5) is 4.65. The number of benzene rings is 1. The quantitative estimate of drug-likeness (QED) is 0.123. The maximum Gasteiger partial charge on any atom is 0.134 e. The van der Waals surface area contributed by atoms with Crippen molar-refractivity contribution in [1.82, 2.24) is 9.80 Å². The Kier molecular flexibility index (Phi) is 22.1. The van der Waals surface area contributed by atoms with E-state index in [1.54, 1.807) is 0 Å². The van der Waals surface area contributed by atoms with Gasteiger partial charge in [-0.2, -0.15) is 0 Å². The first-order valence-electron chi connectivity index (χ1n) is 11.9. The van der Waals surface area contributed by atoms with E-state index >= 15 is 0 Å². The Hall–Kier alpha value is 0.140. The predicted molar refractivity (Wildman–Crippen MR) is 157 cm³/mol. The molecule has 0 aliphatic heterocycles. The Morgan fingerprint density at radius 3 is 1.74 bits per heavy atom. The number of para-hydroxylation sites is 1. The number of rotatable bonds is 13. The fraction of sp³-hybridized carbons (Fsp3) is 0.692. The van der Waals surface area contributed by atoms with Crippen LogP contribution in [-0.2, 0) is 6.54 Å². The first-order chi connectivity index (χ1) is 15.0. The maximum atomic E-state index is 5.90. The molecule has 1 aromatic carbocycles. The van der Waals surface area contributed by atoms with Crippen molar-refractivity contribution in [3.63, 3.8) is 0 Å². The number of nitrogens with zero attached hydrogens (tertiary/aromatic N) is 2. The molecule has 1 aromatic heterocycles. The summed E-state index contributed by atoms with van der Waals surface area (Å²) < 4.78 is 8.34. The molecule has 0 N–H and O–H groups in total. The summed E-state index contributed by atoms with van der Waals surface area (Å²) in [6, 6.07) is 10.4. The van der Waals surface area contributed by atoms with Gasteiger partial charge in [-0.05, 0) is 68.1 Å². The van der Waals surface area contributed by atoms with Crippen LogP contribution in [0, 0.1) is 0 Å². The number of alkyl halides is 2. The molecule has 0 radical (unpaired) electrons. The highest BCUT2D eigenvalue weighted by Gasteiger charge is 2.06. The molecule has 0 saturated carbocycles. The average molecular weight is 656 g/mol. The van der Waals surface area contributed by atoms with Crippen LogP contribution in [0.4, 0.5) is 0 Å². The zero-order valence-corrected chi connectivity index (χ0v) is 25.0. The second kappa shape index (κ2) is 22.0. The Balaban J connectivity index is 0.00000134. The molecule has 0 saturated heterocycles. The molecule has 3 nitrogen and oxygen atoms in total. The standard InChI is InChI=1S/C22H36N2O.2C2H5I/c1-23(2)16-12-8-6-4-5-7-9-13-17-24(3)19-21-18-20-14-10-11-15-22(20)25-21;2*1-2-3/h10-11,14-15,18H,4-9,12-13,16-17,19H2,1-3H3;2*2H2,1H3. The van der Waals surface area contributed by atoms with Gasteiger partial charge in [0.2, 0.25) is 0 Å². The summed E-state index contributed by atoms with van der Waals surface area (Å²) in [5, 5.41) is 1.21. The molecule has 5 heteroatoms. The van der Waals surface area contributed by atoms with E-state index in [1.807, 2.05) is 12.1 Å². The van der Waals surface area contributed by atoms with E-state index < -0.39 is 0 Å². The van der Waals surface area contributed by atoms with E-state index in [9.17, 15) is 0 Å². The molecule has 0 aliphatic rings. The van der Waals surface area contributed by atoms with Crippen molar-refractivity contribution >= 4 is 56.2 Å². The molecule has 180 valence electrons. The summed E-state index contributed by atoms with van der Waals surface area (Å²) in [6.07, 6.45) is 11.0. The zero-order chi connectivity index (χ0) is 23.3. The van der Waals surface area contributed by atoms with Crippen LogP contribution in [0.25, 0.3) is 11.0 Å². The third-order valence-electron chi connectivity index (χ3n) is 4.80. The van der Waals surface area contributed by atoms with Crippen molar-refractivity contribution < 1.29 is 4.42 Å². The van der Waals surface area contributed by atoms with Crippen LogP contribution in [0.5, 0.6) is 0 Å². The van der Waals surface area contributed by atoms with Crippen molar-refractivity contribution in [3.05, 3.63) is 36.1 Å². The molecule has 0 unspecified atom stereocenters. The van der Waals surface area contributed by atoms with Gasteiger partial charge in [0.25, 0.3) is 0 Å². The fourth-order valence-corrected chi connectivity index (χ4v) is 3.33. The van der Waals surface area contributed by atoms with Crippen LogP contribution < -0.4 is 0 Å². The monoisotopic (exact) mass is 656 g/mol. The predicted octanol–water partition coefficient (Wildman–Crippen LogP) is 8.43. The lowest BCUT2D eigenvalue weighted by Crippen LogP contribution is -2.18. The van der Waals surface area contributed by atoms with Gasteiger partial charge in [-0.3, -0.25) is 4.90 Å². The second-order valence-corrected chi connectivity index (χ2v) is 11.2. The van der Waals surface area contributed by atoms with Crippen LogP contribution in [0.2, 0.25) is 0 Å². The first-order valence-corrected chi connectivity index (χ1v) is 15.0. The number of fused-ring (bicyclic) bond motifs is 1. The van der Waals surface area contributed by atoms with Gasteiger partial charge in [0.05, 0.1) is 6.54 Å². The summed E-state index contributed by atoms with van der Waals surface area (Å²) in [6.45, 7) is 7.51. The number of hydrogen-bond acceptors (Lipinski definition) is 3. The topological polar surface area (TPSA) is 19.6 Å². The largest absolute Gasteiger partial charge is 0.460 e. The van der Waals surface area contributed by atoms with Crippen molar-refractivity contribution in [1.29, 1.82) is 0 Å². The molecular weight excluding hydrogens is 610 g/mol. The number of halogens is 2. The van der Waals surface area contributed by atoms with Crippen molar-refractivity contribution in [3.8, 4) is 0 Å². The van der Waals surface area contributed by atoms with Gasteiger partial charge in [0, 0.05) is 5.39 Å². The van der Waals surface area contributed by atoms with Gasteiger partial charge in [-0.25, -0.2) is 0 Å². The lowest BCUT2D eigenvalue weighted by atomic mass is 10.1. The van der Waals surface area contributed by atoms with Crippen molar-refractivity contribution in [2.24, 2.45) is 0 Å². The summed E-state index contributed by atoms with van der Waals surface area (Å²) in [5.41, 5.74) is 0.997. The molecule has 0 aliphatic carbocycles. The smallest absolute Gasteiger partial charge is 0.134 e. The molecule has 1 heterocycles. The minimum atomic E-state index is 0.903. The van der Waals surface area contributed by atoms with E-state index in [2.05, 4.69) is 108 Å². The third kappa shape index (κ3) is 18.3. The van der Waals surface area contributed by atoms with Gasteiger partial charge in [-0.1, -0.05) is 116 Å². The van der Waals surface area contributed by atoms with E-state index in [-0.39, 0.29) is 0 Å². The van der Waals surface area contributed by atoms with Crippen LogP contribution >= 0.6 is 45.2 Å². The minimum absolute atomic E-state index is 0.903. The lowest BCUT2D eigenvalue weighted by Gasteiger charge is -2.14. The van der Waals surface area contributed by atoms with Crippen LogP contribution in [0.15, 0.2) is 34.7 Å². The summed E-state index contributed by atoms with van der Waals surface area (Å²) in [5.74, 6) is 1.07. The molecule has 2 rings (SSSR count). The average Bonchev–Trinajstić information content (AvgIpc) is 3.12. The van der Waals surface area contributed by atoms with Crippen molar-refractivity contribution in [2.45, 2.75) is 71.8 Å². The highest BCUT2D eigenvalue weighted by Crippen LogP contribution is 2.19. The molecule has 0 fully saturated rings. The van der Waals surface area contributed by atoms with Gasteiger partial charge in [0.1, 0.15) is 11.3 Å². The fourth-order valence-electron chi connectivity index (χ4n) is 3.33. The first kappa shape index (κ1) is 31.1. The molecule has 0 spiro atoms. The minimum Gasteiger partial charge on any atom is -0.460 e. The van der Waals surface area contributed by atoms with Crippen LogP contribution in [-0.4, -0.2) is 52.9 Å². The number of furan rings is 1. The van der Waals surface area contributed by atoms with E-state index in [4.69, 9.17) is 4.42 Å². The van der Waals surface area contributed by atoms with Crippen molar-refractivity contribution in [2.75, 3.05) is 43.1 Å². The number of unbranched alkanes of at least 4 members (excludes halogenated alkanes) is 7. The van der Waals surface area contributed by atoms with Crippen LogP contribution in [0.1, 0.15) is 71.0 Å². The Morgan fingerprint density at radius 2 is 1.23 bits per heavy atom. The molecule has 0 amide bonds. The molecule has 31 heavy (non-hydrogen) atoms. The third-order valence-corrected chi connectivity index (χ3v) is 4.80. The Morgan fingerprint density at radius 1 is 0.742 bits per heavy atom. The Labute approximate surface area is 220 Å². The summed E-state index contributed by atoms with van der Waals surface area (Å²) in [7, 11) is 6.51. The molecule has 0 bridgehead atoms. The molecule has 0 atom stereocenters. The number of hydrogen-bond donors (Lipinski definition) is 0. The SMILES string of the molecule is CCI.CCI.CN(C)CCCCCCCCCCN(C)Cc1cc2ccccc2o1. The van der Waals surface area contributed by atoms with Gasteiger partial charge < -0.3 is 9.32 Å². The van der Waals surface area contributed by atoms with Gasteiger partial charge in [-0.15, -0.1) is 0 Å². The maximum absolute atomic E-state index is 5.90. The van der Waals surface area contributed by atoms with E-state index in [0.717, 1.165) is 24.4 Å². The molecular formula is C26H46I2N2O. The summed E-state index contributed by atoms with van der Waals surface area (Å²) >= 11 is 4.58. The highest BCUT2D eigenvalue weighted by molar-refractivity contribution is 14.1. The van der Waals surface area contributed by atoms with Crippen LogP contribution in [0.3, 0.4) is 0 Å². The zero-order valence-electron chi connectivity index (χ0n) is 20.6. The van der Waals surface area contributed by atoms with Gasteiger partial charge >= 0.3 is 0 Å².